The van der Waals surface area contributed by atoms with Gasteiger partial charge in [-0.15, -0.1) is 0 Å². The van der Waals surface area contributed by atoms with Crippen molar-refractivity contribution in [2.24, 2.45) is 11.8 Å². The van der Waals surface area contributed by atoms with E-state index in [0.29, 0.717) is 19.6 Å². The molecular weight excluding hydrogens is 306 g/mol. The van der Waals surface area contributed by atoms with Crippen LogP contribution in [-0.4, -0.2) is 82.6 Å². The fraction of sp³-hybridized carbons (Fsp3) is 0.706. The molecule has 132 valence electrons. The molecule has 2 aliphatic rings. The van der Waals surface area contributed by atoms with Crippen LogP contribution in [0.4, 0.5) is 0 Å². The Morgan fingerprint density at radius 2 is 1.88 bits per heavy atom. The minimum Gasteiger partial charge on any atom is -0.341 e. The third-order valence-corrected chi connectivity index (χ3v) is 5.01. The van der Waals surface area contributed by atoms with Crippen molar-refractivity contribution >= 4 is 11.8 Å². The van der Waals surface area contributed by atoms with Crippen molar-refractivity contribution in [3.63, 3.8) is 0 Å². The number of amides is 2. The molecule has 0 saturated carbocycles. The van der Waals surface area contributed by atoms with Crippen LogP contribution in [0.25, 0.3) is 0 Å². The first-order valence-corrected chi connectivity index (χ1v) is 8.70. The maximum Gasteiger partial charge on any atom is 0.229 e. The van der Waals surface area contributed by atoms with Crippen molar-refractivity contribution < 1.29 is 9.59 Å². The van der Waals surface area contributed by atoms with Crippen molar-refractivity contribution in [1.82, 2.24) is 24.5 Å². The van der Waals surface area contributed by atoms with E-state index in [9.17, 15) is 9.59 Å². The zero-order chi connectivity index (χ0) is 17.3. The molecule has 0 aromatic carbocycles. The molecule has 1 aromatic rings. The van der Waals surface area contributed by atoms with Gasteiger partial charge < -0.3 is 14.7 Å². The van der Waals surface area contributed by atoms with Gasteiger partial charge in [0.05, 0.1) is 24.1 Å². The van der Waals surface area contributed by atoms with Crippen LogP contribution in [0.5, 0.6) is 0 Å². The molecule has 7 nitrogen and oxygen atoms in total. The zero-order valence-electron chi connectivity index (χ0n) is 14.8. The molecule has 0 aliphatic carbocycles. The van der Waals surface area contributed by atoms with E-state index in [0.717, 1.165) is 31.9 Å². The van der Waals surface area contributed by atoms with E-state index in [-0.39, 0.29) is 23.7 Å². The van der Waals surface area contributed by atoms with Crippen molar-refractivity contribution in [3.05, 3.63) is 18.0 Å². The average molecular weight is 333 g/mol. The van der Waals surface area contributed by atoms with Gasteiger partial charge in [0.25, 0.3) is 0 Å². The van der Waals surface area contributed by atoms with E-state index < -0.39 is 0 Å². The number of hydrogen-bond donors (Lipinski definition) is 0. The number of piperazine rings is 1. The summed E-state index contributed by atoms with van der Waals surface area (Å²) in [7, 11) is 2.08. The lowest BCUT2D eigenvalue weighted by molar-refractivity contribution is -0.151. The maximum absolute atomic E-state index is 12.5. The second-order valence-electron chi connectivity index (χ2n) is 7.15. The summed E-state index contributed by atoms with van der Waals surface area (Å²) in [4.78, 5) is 30.9. The normalized spacial score (nSPS) is 20.8. The molecule has 1 atom stereocenters. The Morgan fingerprint density at radius 1 is 1.21 bits per heavy atom. The highest BCUT2D eigenvalue weighted by molar-refractivity contribution is 5.85. The molecule has 0 unspecified atom stereocenters. The Balaban J connectivity index is 1.45. The number of nitrogens with zero attached hydrogens (tertiary/aromatic N) is 5. The van der Waals surface area contributed by atoms with Crippen molar-refractivity contribution in [1.29, 1.82) is 0 Å². The standard InChI is InChI=1S/C17H27N5O2/c1-13(10-22-5-4-14(2)18-22)16(23)21-11-15(12-21)17(24)20-8-6-19(3)7-9-20/h4-5,13,15H,6-12H2,1-3H3/t13-/m1/s1. The lowest BCUT2D eigenvalue weighted by Crippen LogP contribution is -2.59. The van der Waals surface area contributed by atoms with E-state index >= 15 is 0 Å². The maximum atomic E-state index is 12.5. The number of aromatic nitrogens is 2. The molecule has 24 heavy (non-hydrogen) atoms. The summed E-state index contributed by atoms with van der Waals surface area (Å²) in [6.07, 6.45) is 1.90. The van der Waals surface area contributed by atoms with E-state index in [2.05, 4.69) is 17.0 Å². The second-order valence-corrected chi connectivity index (χ2v) is 7.15. The predicted molar refractivity (Wildman–Crippen MR) is 90.3 cm³/mol. The Bertz CT molecular complexity index is 600. The highest BCUT2D eigenvalue weighted by atomic mass is 16.2. The van der Waals surface area contributed by atoms with Gasteiger partial charge in [-0.3, -0.25) is 14.3 Å². The van der Waals surface area contributed by atoms with Crippen molar-refractivity contribution in [2.75, 3.05) is 46.3 Å². The summed E-state index contributed by atoms with van der Waals surface area (Å²) in [6.45, 7) is 9.04. The molecule has 0 radical (unpaired) electrons. The van der Waals surface area contributed by atoms with Crippen LogP contribution in [0.15, 0.2) is 12.3 Å². The average Bonchev–Trinajstić information content (AvgIpc) is 2.91. The quantitative estimate of drug-likeness (QED) is 0.782. The molecule has 7 heteroatoms. The van der Waals surface area contributed by atoms with E-state index in [1.54, 1.807) is 4.90 Å². The van der Waals surface area contributed by atoms with Gasteiger partial charge in [-0.05, 0) is 20.0 Å². The topological polar surface area (TPSA) is 61.7 Å². The van der Waals surface area contributed by atoms with Crippen LogP contribution in [0, 0.1) is 18.8 Å². The Morgan fingerprint density at radius 3 is 2.46 bits per heavy atom. The van der Waals surface area contributed by atoms with Crippen LogP contribution < -0.4 is 0 Å². The molecule has 0 bridgehead atoms. The third kappa shape index (κ3) is 3.61. The molecule has 1 aromatic heterocycles. The Hall–Kier alpha value is -1.89. The summed E-state index contributed by atoms with van der Waals surface area (Å²) < 4.78 is 1.81. The molecule has 3 rings (SSSR count). The molecular formula is C17H27N5O2. The zero-order valence-corrected chi connectivity index (χ0v) is 14.8. The number of rotatable bonds is 4. The lowest BCUT2D eigenvalue weighted by atomic mass is 9.95. The van der Waals surface area contributed by atoms with Gasteiger partial charge in [-0.25, -0.2) is 0 Å². The minimum absolute atomic E-state index is 0.0171. The largest absolute Gasteiger partial charge is 0.341 e. The van der Waals surface area contributed by atoms with Crippen LogP contribution in [-0.2, 0) is 16.1 Å². The van der Waals surface area contributed by atoms with Crippen LogP contribution in [0.1, 0.15) is 12.6 Å². The second kappa shape index (κ2) is 6.93. The lowest BCUT2D eigenvalue weighted by Gasteiger charge is -2.43. The number of likely N-dealkylation sites (N-methyl/N-ethyl adjacent to an activating group) is 1. The van der Waals surface area contributed by atoms with Crippen molar-refractivity contribution in [2.45, 2.75) is 20.4 Å². The molecule has 2 amide bonds. The minimum atomic E-state index is -0.121. The van der Waals surface area contributed by atoms with Crippen molar-refractivity contribution in [3.8, 4) is 0 Å². The summed E-state index contributed by atoms with van der Waals surface area (Å²) in [6, 6.07) is 1.94. The first kappa shape index (κ1) is 17.0. The molecule has 2 saturated heterocycles. The highest BCUT2D eigenvalue weighted by Crippen LogP contribution is 2.21. The predicted octanol–water partition coefficient (Wildman–Crippen LogP) is 0.0600. The molecule has 2 fully saturated rings. The molecule has 3 heterocycles. The summed E-state index contributed by atoms with van der Waals surface area (Å²) in [5.41, 5.74) is 0.955. The number of hydrogen-bond acceptors (Lipinski definition) is 4. The SMILES string of the molecule is Cc1ccn(C[C@@H](C)C(=O)N2CC(C(=O)N3CCN(C)CC3)C2)n1. The van der Waals surface area contributed by atoms with Gasteiger partial charge >= 0.3 is 0 Å². The van der Waals surface area contributed by atoms with Gasteiger partial charge in [-0.1, -0.05) is 6.92 Å². The fourth-order valence-electron chi connectivity index (χ4n) is 3.33. The number of carbonyl (C=O) groups is 2. The van der Waals surface area contributed by atoms with E-state index in [1.807, 2.05) is 35.7 Å². The van der Waals surface area contributed by atoms with Gasteiger partial charge in [0.1, 0.15) is 0 Å². The summed E-state index contributed by atoms with van der Waals surface area (Å²) >= 11 is 0. The van der Waals surface area contributed by atoms with E-state index in [1.165, 1.54) is 0 Å². The van der Waals surface area contributed by atoms with Gasteiger partial charge in [0.2, 0.25) is 11.8 Å². The van der Waals surface area contributed by atoms with Crippen LogP contribution >= 0.6 is 0 Å². The highest BCUT2D eigenvalue weighted by Gasteiger charge is 2.39. The number of carbonyl (C=O) groups excluding carboxylic acids is 2. The smallest absolute Gasteiger partial charge is 0.229 e. The first-order valence-electron chi connectivity index (χ1n) is 8.70. The monoisotopic (exact) mass is 333 g/mol. The molecule has 0 N–H and O–H groups in total. The Labute approximate surface area is 143 Å². The van der Waals surface area contributed by atoms with E-state index in [4.69, 9.17) is 0 Å². The van der Waals surface area contributed by atoms with Crippen LogP contribution in [0.3, 0.4) is 0 Å². The molecule has 0 spiro atoms. The summed E-state index contributed by atoms with van der Waals surface area (Å²) in [5, 5.41) is 4.33. The summed E-state index contributed by atoms with van der Waals surface area (Å²) in [5.74, 6) is 0.188. The van der Waals surface area contributed by atoms with Crippen LogP contribution in [0.2, 0.25) is 0 Å². The van der Waals surface area contributed by atoms with Gasteiger partial charge in [0.15, 0.2) is 0 Å². The Kier molecular flexibility index (Phi) is 4.89. The van der Waals surface area contributed by atoms with Gasteiger partial charge in [0, 0.05) is 45.5 Å². The number of aryl methyl sites for hydroxylation is 1. The fourth-order valence-corrected chi connectivity index (χ4v) is 3.33. The third-order valence-electron chi connectivity index (χ3n) is 5.01. The van der Waals surface area contributed by atoms with Gasteiger partial charge in [-0.2, -0.15) is 5.10 Å². The number of likely N-dealkylation sites (tertiary alicyclic amines) is 1. The molecule has 2 aliphatic heterocycles. The first-order chi connectivity index (χ1) is 11.4.